The van der Waals surface area contributed by atoms with Crippen LogP contribution in [-0.4, -0.2) is 32.0 Å². The van der Waals surface area contributed by atoms with Gasteiger partial charge in [0.15, 0.2) is 5.82 Å². The molecule has 24 heavy (non-hydrogen) atoms. The Morgan fingerprint density at radius 3 is 2.71 bits per heavy atom. The van der Waals surface area contributed by atoms with Gasteiger partial charge in [0.05, 0.1) is 5.02 Å². The zero-order valence-corrected chi connectivity index (χ0v) is 14.1. The molecular weight excluding hydrogens is 331 g/mol. The largest absolute Gasteiger partial charge is 0.340 e. The molecule has 0 spiro atoms. The first-order valence-corrected chi connectivity index (χ1v) is 7.84. The van der Waals surface area contributed by atoms with Crippen molar-refractivity contribution in [3.05, 3.63) is 52.9 Å². The Morgan fingerprint density at radius 1 is 1.21 bits per heavy atom. The zero-order chi connectivity index (χ0) is 17.1. The summed E-state index contributed by atoms with van der Waals surface area (Å²) in [5.41, 5.74) is 1.45. The molecule has 0 aliphatic rings. The van der Waals surface area contributed by atoms with Crippen LogP contribution in [0, 0.1) is 5.82 Å². The third kappa shape index (κ3) is 3.21. The fourth-order valence-corrected chi connectivity index (χ4v) is 2.58. The maximum absolute atomic E-state index is 13.6. The highest BCUT2D eigenvalue weighted by Gasteiger charge is 2.17. The number of anilines is 1. The molecule has 0 atom stereocenters. The lowest BCUT2D eigenvalue weighted by atomic mass is 10.2. The summed E-state index contributed by atoms with van der Waals surface area (Å²) in [5.74, 6) is 0.892. The van der Waals surface area contributed by atoms with Gasteiger partial charge in [-0.3, -0.25) is 4.57 Å². The van der Waals surface area contributed by atoms with E-state index >= 15 is 0 Å². The van der Waals surface area contributed by atoms with Crippen LogP contribution in [0.15, 0.2) is 36.5 Å². The molecule has 124 valence electrons. The average Bonchev–Trinajstić information content (AvgIpc) is 3.03. The van der Waals surface area contributed by atoms with E-state index in [1.54, 1.807) is 24.4 Å². The van der Waals surface area contributed by atoms with Crippen LogP contribution in [0.2, 0.25) is 5.02 Å². The van der Waals surface area contributed by atoms with Crippen LogP contribution < -0.4 is 4.90 Å². The monoisotopic (exact) mass is 346 g/mol. The molecule has 3 aromatic rings. The molecule has 3 rings (SSSR count). The molecule has 8 heteroatoms. The van der Waals surface area contributed by atoms with Gasteiger partial charge in [-0.05, 0) is 36.8 Å². The lowest BCUT2D eigenvalue weighted by Crippen LogP contribution is -2.21. The Morgan fingerprint density at radius 2 is 2.04 bits per heavy atom. The predicted molar refractivity (Wildman–Crippen MR) is 90.2 cm³/mol. The molecule has 0 N–H and O–H groups in total. The molecule has 0 unspecified atom stereocenters. The topological polar surface area (TPSA) is 59.7 Å². The Bertz CT molecular complexity index is 836. The number of aromatic nitrogens is 5. The van der Waals surface area contributed by atoms with Gasteiger partial charge in [-0.2, -0.15) is 5.10 Å². The van der Waals surface area contributed by atoms with Crippen molar-refractivity contribution in [2.24, 2.45) is 0 Å². The van der Waals surface area contributed by atoms with E-state index in [2.05, 4.69) is 20.4 Å². The quantitative estimate of drug-likeness (QED) is 0.710. The minimum absolute atomic E-state index is 0.114. The summed E-state index contributed by atoms with van der Waals surface area (Å²) in [7, 11) is 1.88. The molecule has 2 aromatic heterocycles. The Hall–Kier alpha value is -2.54. The van der Waals surface area contributed by atoms with Crippen LogP contribution in [0.4, 0.5) is 10.3 Å². The molecule has 0 amide bonds. The summed E-state index contributed by atoms with van der Waals surface area (Å²) < 4.78 is 15.5. The van der Waals surface area contributed by atoms with E-state index in [4.69, 9.17) is 11.6 Å². The van der Waals surface area contributed by atoms with Crippen LogP contribution in [0.5, 0.6) is 0 Å². The molecule has 0 aliphatic carbocycles. The molecule has 0 aliphatic heterocycles. The van der Waals surface area contributed by atoms with E-state index in [1.807, 2.05) is 29.5 Å². The summed E-state index contributed by atoms with van der Waals surface area (Å²) in [6.45, 7) is 3.16. The predicted octanol–water partition coefficient (Wildman–Crippen LogP) is 3.18. The van der Waals surface area contributed by atoms with Gasteiger partial charge >= 0.3 is 0 Å². The molecule has 1 aromatic carbocycles. The van der Waals surface area contributed by atoms with Crippen molar-refractivity contribution < 1.29 is 4.39 Å². The molecule has 2 heterocycles. The first-order chi connectivity index (χ1) is 11.6. The van der Waals surface area contributed by atoms with Crippen molar-refractivity contribution in [3.63, 3.8) is 0 Å². The Kier molecular flexibility index (Phi) is 4.71. The molecule has 0 bridgehead atoms. The van der Waals surface area contributed by atoms with Crippen molar-refractivity contribution in [1.82, 2.24) is 25.0 Å². The lowest BCUT2D eigenvalue weighted by molar-refractivity contribution is 0.625. The third-order valence-electron chi connectivity index (χ3n) is 3.59. The second kappa shape index (κ2) is 6.92. The second-order valence-electron chi connectivity index (χ2n) is 5.28. The fraction of sp³-hybridized carbons (Fsp3) is 0.250. The Balaban J connectivity index is 1.88. The number of benzene rings is 1. The zero-order valence-electron chi connectivity index (χ0n) is 13.3. The standard InChI is InChI=1S/C16H16ClFN6/c1-3-24-15(14-5-4-8-19-20-14)21-22-16(24)23(2)10-11-6-7-12(17)13(18)9-11/h4-9H,3,10H2,1-2H3. The van der Waals surface area contributed by atoms with Gasteiger partial charge < -0.3 is 4.90 Å². The van der Waals surface area contributed by atoms with E-state index < -0.39 is 5.82 Å². The van der Waals surface area contributed by atoms with Gasteiger partial charge in [0, 0.05) is 26.3 Å². The molecule has 0 saturated heterocycles. The minimum atomic E-state index is -0.431. The summed E-state index contributed by atoms with van der Waals surface area (Å²) in [6.07, 6.45) is 1.61. The molecule has 0 fully saturated rings. The van der Waals surface area contributed by atoms with Crippen molar-refractivity contribution >= 4 is 17.5 Å². The van der Waals surface area contributed by atoms with E-state index in [1.165, 1.54) is 6.07 Å². The number of hydrogen-bond acceptors (Lipinski definition) is 5. The SMILES string of the molecule is CCn1c(-c2cccnn2)nnc1N(C)Cc1ccc(Cl)c(F)c1. The lowest BCUT2D eigenvalue weighted by Gasteiger charge is -2.19. The first-order valence-electron chi connectivity index (χ1n) is 7.46. The summed E-state index contributed by atoms with van der Waals surface area (Å²) in [6, 6.07) is 8.40. The van der Waals surface area contributed by atoms with E-state index in [-0.39, 0.29) is 5.02 Å². The van der Waals surface area contributed by atoms with Crippen LogP contribution in [0.25, 0.3) is 11.5 Å². The number of hydrogen-bond donors (Lipinski definition) is 0. The molecule has 0 radical (unpaired) electrons. The van der Waals surface area contributed by atoms with Crippen molar-refractivity contribution in [3.8, 4) is 11.5 Å². The summed E-state index contributed by atoms with van der Waals surface area (Å²) >= 11 is 5.73. The maximum Gasteiger partial charge on any atom is 0.227 e. The number of rotatable bonds is 5. The highest BCUT2D eigenvalue weighted by molar-refractivity contribution is 6.30. The van der Waals surface area contributed by atoms with E-state index in [9.17, 15) is 4.39 Å². The normalized spacial score (nSPS) is 10.8. The average molecular weight is 347 g/mol. The fourth-order valence-electron chi connectivity index (χ4n) is 2.46. The van der Waals surface area contributed by atoms with Gasteiger partial charge in [-0.15, -0.1) is 15.3 Å². The van der Waals surface area contributed by atoms with Crippen molar-refractivity contribution in [2.45, 2.75) is 20.0 Å². The first kappa shape index (κ1) is 16.3. The van der Waals surface area contributed by atoms with Crippen molar-refractivity contribution in [2.75, 3.05) is 11.9 Å². The second-order valence-corrected chi connectivity index (χ2v) is 5.69. The Labute approximate surface area is 143 Å². The number of nitrogens with zero attached hydrogens (tertiary/aromatic N) is 6. The van der Waals surface area contributed by atoms with Gasteiger partial charge in [0.2, 0.25) is 5.95 Å². The molecular formula is C16H16ClFN6. The van der Waals surface area contributed by atoms with Gasteiger partial charge in [0.25, 0.3) is 0 Å². The van der Waals surface area contributed by atoms with E-state index in [0.29, 0.717) is 30.6 Å². The minimum Gasteiger partial charge on any atom is -0.340 e. The summed E-state index contributed by atoms with van der Waals surface area (Å²) in [5, 5.41) is 16.5. The van der Waals surface area contributed by atoms with Crippen LogP contribution in [-0.2, 0) is 13.1 Å². The molecule has 6 nitrogen and oxygen atoms in total. The smallest absolute Gasteiger partial charge is 0.227 e. The third-order valence-corrected chi connectivity index (χ3v) is 3.90. The number of halogens is 2. The van der Waals surface area contributed by atoms with Crippen molar-refractivity contribution in [1.29, 1.82) is 0 Å². The van der Waals surface area contributed by atoms with Gasteiger partial charge in [-0.1, -0.05) is 17.7 Å². The van der Waals surface area contributed by atoms with Crippen LogP contribution in [0.1, 0.15) is 12.5 Å². The van der Waals surface area contributed by atoms with Crippen LogP contribution in [0.3, 0.4) is 0 Å². The van der Waals surface area contributed by atoms with Crippen LogP contribution >= 0.6 is 11.6 Å². The van der Waals surface area contributed by atoms with Gasteiger partial charge in [0.1, 0.15) is 11.5 Å². The summed E-state index contributed by atoms with van der Waals surface area (Å²) in [4.78, 5) is 1.90. The highest BCUT2D eigenvalue weighted by atomic mass is 35.5. The van der Waals surface area contributed by atoms with Gasteiger partial charge in [-0.25, -0.2) is 4.39 Å². The maximum atomic E-state index is 13.6. The molecule has 0 saturated carbocycles. The van der Waals surface area contributed by atoms with E-state index in [0.717, 1.165) is 5.56 Å². The highest BCUT2D eigenvalue weighted by Crippen LogP contribution is 2.22.